The van der Waals surface area contributed by atoms with Crippen molar-refractivity contribution < 1.29 is 19.4 Å². The zero-order valence-electron chi connectivity index (χ0n) is 11.0. The van der Waals surface area contributed by atoms with Gasteiger partial charge in [0.25, 0.3) is 0 Å². The maximum Gasteiger partial charge on any atom is 0.338 e. The van der Waals surface area contributed by atoms with E-state index in [-0.39, 0.29) is 23.5 Å². The number of carbonyl (C=O) groups excluding carboxylic acids is 1. The SMILES string of the molecule is COC1(CC(=O)Nc2sc(C)cc2C(=O)O)CCC1. The average molecular weight is 283 g/mol. The van der Waals surface area contributed by atoms with Gasteiger partial charge in [0.2, 0.25) is 5.91 Å². The number of methoxy groups -OCH3 is 1. The molecule has 0 unspecified atom stereocenters. The summed E-state index contributed by atoms with van der Waals surface area (Å²) >= 11 is 1.28. The number of carbonyl (C=O) groups is 2. The second kappa shape index (κ2) is 5.30. The highest BCUT2D eigenvalue weighted by atomic mass is 32.1. The molecular formula is C13H17NO4S. The van der Waals surface area contributed by atoms with E-state index in [1.807, 2.05) is 6.92 Å². The summed E-state index contributed by atoms with van der Waals surface area (Å²) in [6.07, 6.45) is 3.11. The number of ether oxygens (including phenoxy) is 1. The molecule has 0 radical (unpaired) electrons. The first kappa shape index (κ1) is 14.0. The Balaban J connectivity index is 2.04. The Hall–Kier alpha value is -1.40. The van der Waals surface area contributed by atoms with Crippen molar-refractivity contribution in [3.8, 4) is 0 Å². The number of nitrogens with one attached hydrogen (secondary N) is 1. The maximum atomic E-state index is 12.0. The van der Waals surface area contributed by atoms with E-state index in [1.165, 1.54) is 11.3 Å². The smallest absolute Gasteiger partial charge is 0.338 e. The molecule has 0 aliphatic heterocycles. The van der Waals surface area contributed by atoms with Gasteiger partial charge in [-0.25, -0.2) is 4.79 Å². The summed E-state index contributed by atoms with van der Waals surface area (Å²) in [4.78, 5) is 23.9. The van der Waals surface area contributed by atoms with Crippen LogP contribution in [-0.4, -0.2) is 29.7 Å². The van der Waals surface area contributed by atoms with Gasteiger partial charge < -0.3 is 15.2 Å². The first-order chi connectivity index (χ1) is 8.96. The number of carboxylic acids is 1. The zero-order valence-corrected chi connectivity index (χ0v) is 11.8. The Morgan fingerprint density at radius 2 is 2.21 bits per heavy atom. The lowest BCUT2D eigenvalue weighted by Crippen LogP contribution is -2.42. The number of amides is 1. The molecule has 5 nitrogen and oxygen atoms in total. The van der Waals surface area contributed by atoms with Crippen LogP contribution in [0, 0.1) is 6.92 Å². The van der Waals surface area contributed by atoms with Gasteiger partial charge in [0, 0.05) is 12.0 Å². The third kappa shape index (κ3) is 2.96. The van der Waals surface area contributed by atoms with Crippen molar-refractivity contribution in [3.05, 3.63) is 16.5 Å². The molecule has 2 rings (SSSR count). The molecule has 1 amide bonds. The molecule has 1 aliphatic carbocycles. The Bertz CT molecular complexity index is 499. The number of aryl methyl sites for hydroxylation is 1. The van der Waals surface area contributed by atoms with E-state index >= 15 is 0 Å². The number of anilines is 1. The molecule has 1 saturated carbocycles. The second-order valence-electron chi connectivity index (χ2n) is 4.87. The van der Waals surface area contributed by atoms with Crippen LogP contribution in [0.3, 0.4) is 0 Å². The predicted octanol–water partition coefficient (Wildman–Crippen LogP) is 2.65. The Morgan fingerprint density at radius 3 is 2.68 bits per heavy atom. The molecule has 1 heterocycles. The third-order valence-electron chi connectivity index (χ3n) is 3.52. The number of hydrogen-bond acceptors (Lipinski definition) is 4. The van der Waals surface area contributed by atoms with E-state index in [9.17, 15) is 9.59 Å². The number of aromatic carboxylic acids is 1. The lowest BCUT2D eigenvalue weighted by Gasteiger charge is -2.39. The van der Waals surface area contributed by atoms with Crippen molar-refractivity contribution in [2.45, 2.75) is 38.2 Å². The predicted molar refractivity (Wildman–Crippen MR) is 72.9 cm³/mol. The minimum Gasteiger partial charge on any atom is -0.478 e. The standard InChI is InChI=1S/C13H17NO4S/c1-8-6-9(12(16)17)11(19-8)14-10(15)7-13(18-2)4-3-5-13/h6H,3-5,7H2,1-2H3,(H,14,15)(H,16,17). The lowest BCUT2D eigenvalue weighted by atomic mass is 9.77. The van der Waals surface area contributed by atoms with Crippen LogP contribution in [0.5, 0.6) is 0 Å². The van der Waals surface area contributed by atoms with E-state index in [4.69, 9.17) is 9.84 Å². The van der Waals surface area contributed by atoms with Crippen LogP contribution in [0.4, 0.5) is 5.00 Å². The monoisotopic (exact) mass is 283 g/mol. The van der Waals surface area contributed by atoms with Crippen molar-refractivity contribution in [2.75, 3.05) is 12.4 Å². The van der Waals surface area contributed by atoms with Crippen LogP contribution in [0.1, 0.15) is 40.9 Å². The van der Waals surface area contributed by atoms with Crippen molar-refractivity contribution in [2.24, 2.45) is 0 Å². The first-order valence-electron chi connectivity index (χ1n) is 6.14. The summed E-state index contributed by atoms with van der Waals surface area (Å²) < 4.78 is 5.39. The average Bonchev–Trinajstić information content (AvgIpc) is 2.65. The summed E-state index contributed by atoms with van der Waals surface area (Å²) in [5.41, 5.74) is -0.198. The second-order valence-corrected chi connectivity index (χ2v) is 6.13. The van der Waals surface area contributed by atoms with Crippen LogP contribution in [0.15, 0.2) is 6.07 Å². The van der Waals surface area contributed by atoms with Crippen LogP contribution in [-0.2, 0) is 9.53 Å². The molecule has 1 aliphatic rings. The first-order valence-corrected chi connectivity index (χ1v) is 6.96. The molecule has 19 heavy (non-hydrogen) atoms. The molecule has 104 valence electrons. The van der Waals surface area contributed by atoms with Crippen molar-refractivity contribution in [1.29, 1.82) is 0 Å². The Kier molecular flexibility index (Phi) is 3.91. The summed E-state index contributed by atoms with van der Waals surface area (Å²) in [6, 6.07) is 1.57. The number of carboxylic acid groups (broad SMARTS) is 1. The minimum atomic E-state index is -1.02. The van der Waals surface area contributed by atoms with E-state index in [0.29, 0.717) is 5.00 Å². The number of rotatable bonds is 5. The molecule has 6 heteroatoms. The summed E-state index contributed by atoms with van der Waals surface area (Å²) in [7, 11) is 1.62. The minimum absolute atomic E-state index is 0.149. The van der Waals surface area contributed by atoms with Crippen molar-refractivity contribution in [3.63, 3.8) is 0 Å². The maximum absolute atomic E-state index is 12.0. The van der Waals surface area contributed by atoms with Gasteiger partial charge in [-0.3, -0.25) is 4.79 Å². The van der Waals surface area contributed by atoms with Gasteiger partial charge in [-0.2, -0.15) is 0 Å². The number of thiophene rings is 1. The summed E-state index contributed by atoms with van der Waals surface area (Å²) in [5, 5.41) is 12.2. The van der Waals surface area contributed by atoms with Crippen LogP contribution < -0.4 is 5.32 Å². The highest BCUT2D eigenvalue weighted by molar-refractivity contribution is 7.16. The quantitative estimate of drug-likeness (QED) is 0.871. The molecule has 0 atom stereocenters. The van der Waals surface area contributed by atoms with E-state index in [1.54, 1.807) is 13.2 Å². The summed E-state index contributed by atoms with van der Waals surface area (Å²) in [5.74, 6) is -1.21. The molecular weight excluding hydrogens is 266 g/mol. The fourth-order valence-corrected chi connectivity index (χ4v) is 3.17. The number of hydrogen-bond donors (Lipinski definition) is 2. The molecule has 0 bridgehead atoms. The largest absolute Gasteiger partial charge is 0.478 e. The molecule has 1 aromatic heterocycles. The Labute approximate surface area is 115 Å². The highest BCUT2D eigenvalue weighted by Gasteiger charge is 2.39. The molecule has 0 spiro atoms. The van der Waals surface area contributed by atoms with Gasteiger partial charge in [0.05, 0.1) is 17.6 Å². The summed E-state index contributed by atoms with van der Waals surface area (Å²) in [6.45, 7) is 1.81. The topological polar surface area (TPSA) is 75.6 Å². The molecule has 1 fully saturated rings. The fraction of sp³-hybridized carbons (Fsp3) is 0.538. The van der Waals surface area contributed by atoms with Crippen molar-refractivity contribution >= 4 is 28.2 Å². The molecule has 2 N–H and O–H groups in total. The van der Waals surface area contributed by atoms with Crippen LogP contribution >= 0.6 is 11.3 Å². The fourth-order valence-electron chi connectivity index (χ4n) is 2.25. The zero-order chi connectivity index (χ0) is 14.0. The molecule has 0 aromatic carbocycles. The van der Waals surface area contributed by atoms with Gasteiger partial charge in [-0.1, -0.05) is 0 Å². The lowest BCUT2D eigenvalue weighted by molar-refractivity contribution is -0.129. The highest BCUT2D eigenvalue weighted by Crippen LogP contribution is 2.38. The van der Waals surface area contributed by atoms with Crippen LogP contribution in [0.2, 0.25) is 0 Å². The molecule has 1 aromatic rings. The normalized spacial score (nSPS) is 16.7. The van der Waals surface area contributed by atoms with E-state index in [0.717, 1.165) is 24.1 Å². The van der Waals surface area contributed by atoms with Gasteiger partial charge >= 0.3 is 5.97 Å². The van der Waals surface area contributed by atoms with Crippen LogP contribution in [0.25, 0.3) is 0 Å². The van der Waals surface area contributed by atoms with Gasteiger partial charge in [0.1, 0.15) is 5.00 Å². The van der Waals surface area contributed by atoms with E-state index < -0.39 is 5.97 Å². The third-order valence-corrected chi connectivity index (χ3v) is 4.49. The van der Waals surface area contributed by atoms with Gasteiger partial charge in [0.15, 0.2) is 0 Å². The Morgan fingerprint density at radius 1 is 1.53 bits per heavy atom. The van der Waals surface area contributed by atoms with Crippen molar-refractivity contribution in [1.82, 2.24) is 0 Å². The molecule has 0 saturated heterocycles. The van der Waals surface area contributed by atoms with Gasteiger partial charge in [-0.05, 0) is 32.3 Å². The van der Waals surface area contributed by atoms with Gasteiger partial charge in [-0.15, -0.1) is 11.3 Å². The van der Waals surface area contributed by atoms with E-state index in [2.05, 4.69) is 5.32 Å².